The Morgan fingerprint density at radius 3 is 2.97 bits per heavy atom. The van der Waals surface area contributed by atoms with Gasteiger partial charge < -0.3 is 25.4 Å². The van der Waals surface area contributed by atoms with Crippen molar-refractivity contribution in [2.45, 2.75) is 63.3 Å². The molecule has 1 aromatic carbocycles. The van der Waals surface area contributed by atoms with Crippen LogP contribution in [0.1, 0.15) is 49.8 Å². The van der Waals surface area contributed by atoms with Gasteiger partial charge in [-0.15, -0.1) is 0 Å². The van der Waals surface area contributed by atoms with Gasteiger partial charge >= 0.3 is 0 Å². The van der Waals surface area contributed by atoms with E-state index in [0.29, 0.717) is 12.1 Å². The smallest absolute Gasteiger partial charge is 0.251 e. The molecule has 4 atom stereocenters. The van der Waals surface area contributed by atoms with Crippen molar-refractivity contribution in [3.63, 3.8) is 0 Å². The fraction of sp³-hybridized carbons (Fsp3) is 0.545. The van der Waals surface area contributed by atoms with Crippen molar-refractivity contribution in [2.24, 2.45) is 0 Å². The predicted octanol–water partition coefficient (Wildman–Crippen LogP) is 1.17. The third-order valence-corrected chi connectivity index (χ3v) is 6.66. The van der Waals surface area contributed by atoms with Crippen LogP contribution in [-0.4, -0.2) is 53.2 Å². The lowest BCUT2D eigenvalue weighted by molar-refractivity contribution is -0.140. The lowest BCUT2D eigenvalue weighted by Gasteiger charge is -2.42. The van der Waals surface area contributed by atoms with Crippen molar-refractivity contribution in [3.8, 4) is 5.75 Å². The zero-order valence-corrected chi connectivity index (χ0v) is 16.6. The van der Waals surface area contributed by atoms with E-state index in [2.05, 4.69) is 10.6 Å². The van der Waals surface area contributed by atoms with Gasteiger partial charge in [-0.05, 0) is 25.3 Å². The summed E-state index contributed by atoms with van der Waals surface area (Å²) >= 11 is 0. The molecular weight excluding hydrogens is 370 g/mol. The van der Waals surface area contributed by atoms with Crippen LogP contribution in [-0.2, 0) is 16.0 Å². The Balaban J connectivity index is 1.71. The van der Waals surface area contributed by atoms with Crippen molar-refractivity contribution in [3.05, 3.63) is 40.6 Å². The number of fused-ring (bicyclic) bond motifs is 2. The third-order valence-electron chi connectivity index (χ3n) is 6.66. The largest absolute Gasteiger partial charge is 0.490 e. The van der Waals surface area contributed by atoms with E-state index < -0.39 is 12.6 Å². The minimum Gasteiger partial charge on any atom is -0.490 e. The molecule has 1 fully saturated rings. The van der Waals surface area contributed by atoms with Gasteiger partial charge in [-0.2, -0.15) is 0 Å². The van der Waals surface area contributed by atoms with Gasteiger partial charge in [0.15, 0.2) is 0 Å². The second-order valence-corrected chi connectivity index (χ2v) is 8.51. The highest BCUT2D eigenvalue weighted by molar-refractivity contribution is 5.99. The maximum atomic E-state index is 13.1. The van der Waals surface area contributed by atoms with E-state index in [-0.39, 0.29) is 30.0 Å². The number of para-hydroxylation sites is 1. The average Bonchev–Trinajstić information content (AvgIpc) is 3.23. The molecule has 4 aliphatic rings. The minimum atomic E-state index is -0.573. The molecule has 0 bridgehead atoms. The van der Waals surface area contributed by atoms with Crippen molar-refractivity contribution in [1.29, 1.82) is 0 Å². The standard InChI is InChI=1S/C22H27N3O4/c1-12-9-13-5-4-6-14(21(13)29-12)20-19-16(10-23-22(19)28)24-15-7-2-3-8-17(15)25(20)18(27)11-26/h4-6,12,15,17,20,24,26H,2-3,7-11H2,1H3,(H,23,28)/t12?,15-,17?,20-/m1/s1. The number of aliphatic hydroxyl groups excluding tert-OH is 1. The number of aliphatic hydroxyl groups is 1. The van der Waals surface area contributed by atoms with Crippen LogP contribution in [0.25, 0.3) is 0 Å². The Labute approximate surface area is 170 Å². The number of benzene rings is 1. The Hall–Kier alpha value is -2.54. The van der Waals surface area contributed by atoms with Crippen molar-refractivity contribution in [2.75, 3.05) is 13.2 Å². The molecule has 3 N–H and O–H groups in total. The van der Waals surface area contributed by atoms with Crippen molar-refractivity contribution >= 4 is 11.8 Å². The summed E-state index contributed by atoms with van der Waals surface area (Å²) in [6, 6.07) is 5.43. The number of nitrogens with zero attached hydrogens (tertiary/aromatic N) is 1. The van der Waals surface area contributed by atoms with E-state index in [0.717, 1.165) is 54.7 Å². The van der Waals surface area contributed by atoms with E-state index in [9.17, 15) is 14.7 Å². The van der Waals surface area contributed by atoms with Gasteiger partial charge in [-0.1, -0.05) is 31.0 Å². The normalized spacial score (nSPS) is 30.6. The van der Waals surface area contributed by atoms with Gasteiger partial charge in [-0.3, -0.25) is 9.59 Å². The van der Waals surface area contributed by atoms with Crippen LogP contribution in [0.15, 0.2) is 29.5 Å². The molecule has 1 aromatic rings. The topological polar surface area (TPSA) is 90.9 Å². The van der Waals surface area contributed by atoms with Gasteiger partial charge in [0.2, 0.25) is 5.91 Å². The van der Waals surface area contributed by atoms with Crippen LogP contribution in [0.4, 0.5) is 0 Å². The summed E-state index contributed by atoms with van der Waals surface area (Å²) in [6.45, 7) is 1.90. The number of hydrogen-bond acceptors (Lipinski definition) is 5. The maximum Gasteiger partial charge on any atom is 0.251 e. The van der Waals surface area contributed by atoms with Crippen molar-refractivity contribution < 1.29 is 19.4 Å². The van der Waals surface area contributed by atoms with Crippen LogP contribution < -0.4 is 15.4 Å². The van der Waals surface area contributed by atoms with E-state index in [1.54, 1.807) is 4.90 Å². The summed E-state index contributed by atoms with van der Waals surface area (Å²) in [6.07, 6.45) is 4.79. The van der Waals surface area contributed by atoms with Crippen molar-refractivity contribution in [1.82, 2.24) is 15.5 Å². The SMILES string of the molecule is CC1Cc2cccc([C@@H]3C4=C(CNC4=O)N[C@@H]4CCCCC4N3C(=O)CO)c2O1. The molecule has 3 aliphatic heterocycles. The quantitative estimate of drug-likeness (QED) is 0.697. The fourth-order valence-electron chi connectivity index (χ4n) is 5.47. The average molecular weight is 397 g/mol. The highest BCUT2D eigenvalue weighted by Crippen LogP contribution is 2.45. The molecule has 2 unspecified atom stereocenters. The number of carbonyl (C=O) groups is 2. The van der Waals surface area contributed by atoms with Crippen LogP contribution in [0.3, 0.4) is 0 Å². The first-order valence-corrected chi connectivity index (χ1v) is 10.6. The first-order valence-electron chi connectivity index (χ1n) is 10.6. The van der Waals surface area contributed by atoms with E-state index in [1.165, 1.54) is 0 Å². The summed E-state index contributed by atoms with van der Waals surface area (Å²) in [5.41, 5.74) is 3.39. The van der Waals surface area contributed by atoms with Gasteiger partial charge in [-0.25, -0.2) is 0 Å². The molecule has 0 aromatic heterocycles. The molecule has 0 saturated heterocycles. The molecule has 154 valence electrons. The molecule has 2 amide bonds. The number of rotatable bonds is 2. The van der Waals surface area contributed by atoms with Gasteiger partial charge in [0.25, 0.3) is 5.91 Å². The first-order chi connectivity index (χ1) is 14.1. The summed E-state index contributed by atoms with van der Waals surface area (Å²) in [7, 11) is 0. The van der Waals surface area contributed by atoms with E-state index >= 15 is 0 Å². The number of hydrogen-bond donors (Lipinski definition) is 3. The first kappa shape index (κ1) is 18.5. The molecular formula is C22H27N3O4. The predicted molar refractivity (Wildman–Crippen MR) is 106 cm³/mol. The molecule has 0 spiro atoms. The Bertz CT molecular complexity index is 896. The number of carbonyl (C=O) groups excluding carboxylic acids is 2. The summed E-state index contributed by atoms with van der Waals surface area (Å²) in [5.74, 6) is 0.280. The molecule has 1 saturated carbocycles. The zero-order valence-electron chi connectivity index (χ0n) is 16.6. The highest BCUT2D eigenvalue weighted by Gasteiger charge is 2.47. The lowest BCUT2D eigenvalue weighted by atomic mass is 9.87. The highest BCUT2D eigenvalue weighted by atomic mass is 16.5. The minimum absolute atomic E-state index is 0.0605. The van der Waals surface area contributed by atoms with Gasteiger partial charge in [0, 0.05) is 23.7 Å². The molecule has 0 radical (unpaired) electrons. The lowest BCUT2D eigenvalue weighted by Crippen LogP contribution is -2.54. The van der Waals surface area contributed by atoms with E-state index in [1.807, 2.05) is 25.1 Å². The fourth-order valence-corrected chi connectivity index (χ4v) is 5.47. The third kappa shape index (κ3) is 2.90. The second-order valence-electron chi connectivity index (χ2n) is 8.51. The van der Waals surface area contributed by atoms with Crippen LogP contribution in [0, 0.1) is 0 Å². The maximum absolute atomic E-state index is 13.1. The molecule has 29 heavy (non-hydrogen) atoms. The Morgan fingerprint density at radius 1 is 1.31 bits per heavy atom. The van der Waals surface area contributed by atoms with Gasteiger partial charge in [0.05, 0.1) is 24.2 Å². The number of ether oxygens (including phenoxy) is 1. The molecule has 3 heterocycles. The monoisotopic (exact) mass is 397 g/mol. The van der Waals surface area contributed by atoms with Crippen LogP contribution in [0.5, 0.6) is 5.75 Å². The molecule has 7 heteroatoms. The Morgan fingerprint density at radius 2 is 2.14 bits per heavy atom. The molecule has 7 nitrogen and oxygen atoms in total. The molecule has 5 rings (SSSR count). The molecule has 1 aliphatic carbocycles. The van der Waals surface area contributed by atoms with Crippen LogP contribution in [0.2, 0.25) is 0 Å². The summed E-state index contributed by atoms with van der Waals surface area (Å²) < 4.78 is 6.14. The second kappa shape index (κ2) is 7.06. The summed E-state index contributed by atoms with van der Waals surface area (Å²) in [5, 5.41) is 16.3. The zero-order chi connectivity index (χ0) is 20.1. The number of nitrogens with one attached hydrogen (secondary N) is 2. The van der Waals surface area contributed by atoms with Gasteiger partial charge in [0.1, 0.15) is 18.5 Å². The Kier molecular flexibility index (Phi) is 4.50. The van der Waals surface area contributed by atoms with Crippen LogP contribution >= 0.6 is 0 Å². The summed E-state index contributed by atoms with van der Waals surface area (Å²) in [4.78, 5) is 27.8. The van der Waals surface area contributed by atoms with E-state index in [4.69, 9.17) is 4.74 Å². The number of amides is 2.